The summed E-state index contributed by atoms with van der Waals surface area (Å²) >= 11 is 5.98. The van der Waals surface area contributed by atoms with Crippen LogP contribution in [-0.4, -0.2) is 71.2 Å². The molecule has 3 rings (SSSR count). The number of benzene rings is 2. The highest BCUT2D eigenvalue weighted by atomic mass is 35.5. The second-order valence-corrected chi connectivity index (χ2v) is 10.0. The molecule has 3 aromatic rings. The molecule has 1 heterocycles. The summed E-state index contributed by atoms with van der Waals surface area (Å²) in [6, 6.07) is 12.7. The third-order valence-electron chi connectivity index (χ3n) is 5.65. The molecule has 11 nitrogen and oxygen atoms in total. The Hall–Kier alpha value is -3.12. The predicted molar refractivity (Wildman–Crippen MR) is 142 cm³/mol. The number of rotatable bonds is 13. The number of carbonyl (C=O) groups excluding carboxylic acids is 2. The predicted octanol–water partition coefficient (Wildman–Crippen LogP) is 4.16. The molecule has 0 spiro atoms. The van der Waals surface area contributed by atoms with Gasteiger partial charge in [-0.15, -0.1) is 0 Å². The molecule has 0 aliphatic heterocycles. The van der Waals surface area contributed by atoms with E-state index in [1.807, 2.05) is 24.3 Å². The third-order valence-corrected chi connectivity index (χ3v) is 6.59. The number of likely N-dealkylation sites (N-methyl/N-ethyl adjacent to an activating group) is 1. The van der Waals surface area contributed by atoms with Gasteiger partial charge in [-0.05, 0) is 29.5 Å². The van der Waals surface area contributed by atoms with Gasteiger partial charge >= 0.3 is 13.9 Å². The van der Waals surface area contributed by atoms with Crippen LogP contribution in [0.5, 0.6) is 0 Å². The van der Waals surface area contributed by atoms with Crippen molar-refractivity contribution in [2.75, 3.05) is 38.8 Å². The van der Waals surface area contributed by atoms with Crippen LogP contribution in [0.1, 0.15) is 12.0 Å². The number of amides is 2. The Bertz CT molecular complexity index is 1340. The molecule has 14 heteroatoms. The number of nitrogens with one attached hydrogen (secondary N) is 1. The van der Waals surface area contributed by atoms with E-state index < -0.39 is 25.8 Å². The lowest BCUT2D eigenvalue weighted by molar-refractivity contribution is -0.134. The smallest absolute Gasteiger partial charge is 0.447 e. The van der Waals surface area contributed by atoms with Gasteiger partial charge in [0.05, 0.1) is 30.9 Å². The summed E-state index contributed by atoms with van der Waals surface area (Å²) < 4.78 is 39.6. The molecule has 0 saturated carbocycles. The molecule has 0 fully saturated rings. The Morgan fingerprint density at radius 1 is 1.13 bits per heavy atom. The van der Waals surface area contributed by atoms with E-state index in [1.165, 1.54) is 24.1 Å². The molecule has 0 saturated heterocycles. The number of aryl methyl sites for hydroxylation is 1. The van der Waals surface area contributed by atoms with Gasteiger partial charge in [-0.2, -0.15) is 0 Å². The largest absolute Gasteiger partial charge is 0.469 e. The van der Waals surface area contributed by atoms with Crippen molar-refractivity contribution in [3.63, 3.8) is 0 Å². The van der Waals surface area contributed by atoms with Crippen molar-refractivity contribution in [3.8, 4) is 0 Å². The van der Waals surface area contributed by atoms with Crippen LogP contribution in [0.15, 0.2) is 54.7 Å². The molecule has 39 heavy (non-hydrogen) atoms. The van der Waals surface area contributed by atoms with Crippen LogP contribution in [0.2, 0.25) is 5.02 Å². The van der Waals surface area contributed by atoms with Crippen molar-refractivity contribution in [3.05, 3.63) is 71.1 Å². The molecule has 0 bridgehead atoms. The summed E-state index contributed by atoms with van der Waals surface area (Å²) in [6.45, 7) is -0.964. The van der Waals surface area contributed by atoms with Gasteiger partial charge in [0.1, 0.15) is 18.2 Å². The highest BCUT2D eigenvalue weighted by Crippen LogP contribution is 2.35. The fourth-order valence-corrected chi connectivity index (χ4v) is 4.07. The standard InChI is InChI=1S/C25H28ClFN3O8P/c1-30(23(31)10-9-17-7-4-8-21(27)24(17)26)20(15-36-11-12-38-39(33,34)35)16-37-25(32)29-22-13-18-5-2-3-6-19(18)14-28-22/h2-8,13-14,20H,9-12,15-16H2,1H3,(H,28,29,32)(H2,33,34,35)/t20-/m0/s1. The summed E-state index contributed by atoms with van der Waals surface area (Å²) in [5, 5.41) is 4.25. The van der Waals surface area contributed by atoms with Crippen molar-refractivity contribution in [2.24, 2.45) is 0 Å². The van der Waals surface area contributed by atoms with E-state index in [9.17, 15) is 18.5 Å². The number of hydrogen-bond donors (Lipinski definition) is 3. The fraction of sp³-hybridized carbons (Fsp3) is 0.320. The Morgan fingerprint density at radius 3 is 2.62 bits per heavy atom. The number of hydrogen-bond acceptors (Lipinski definition) is 7. The van der Waals surface area contributed by atoms with Crippen LogP contribution in [0.3, 0.4) is 0 Å². The summed E-state index contributed by atoms with van der Waals surface area (Å²) in [4.78, 5) is 48.4. The molecule has 1 aromatic heterocycles. The second kappa shape index (κ2) is 14.3. The first kappa shape index (κ1) is 30.4. The first-order valence-corrected chi connectivity index (χ1v) is 13.7. The molecule has 2 aromatic carbocycles. The molecular formula is C25H28ClFN3O8P. The van der Waals surface area contributed by atoms with Crippen molar-refractivity contribution in [1.82, 2.24) is 9.88 Å². The van der Waals surface area contributed by atoms with Crippen LogP contribution < -0.4 is 5.32 Å². The zero-order valence-corrected chi connectivity index (χ0v) is 22.6. The van der Waals surface area contributed by atoms with Gasteiger partial charge in [0.2, 0.25) is 5.91 Å². The maximum absolute atomic E-state index is 13.7. The number of pyridine rings is 1. The normalized spacial score (nSPS) is 12.2. The molecule has 210 valence electrons. The van der Waals surface area contributed by atoms with Crippen LogP contribution >= 0.6 is 19.4 Å². The lowest BCUT2D eigenvalue weighted by Crippen LogP contribution is -2.44. The molecule has 3 N–H and O–H groups in total. The van der Waals surface area contributed by atoms with Crippen molar-refractivity contribution in [2.45, 2.75) is 18.9 Å². The minimum Gasteiger partial charge on any atom is -0.447 e. The highest BCUT2D eigenvalue weighted by molar-refractivity contribution is 7.46. The van der Waals surface area contributed by atoms with Gasteiger partial charge in [-0.1, -0.05) is 48.0 Å². The Balaban J connectivity index is 1.58. The fourth-order valence-electron chi connectivity index (χ4n) is 3.53. The summed E-state index contributed by atoms with van der Waals surface area (Å²) in [7, 11) is -3.16. The topological polar surface area (TPSA) is 148 Å². The van der Waals surface area contributed by atoms with E-state index in [4.69, 9.17) is 30.9 Å². The molecule has 2 amide bonds. The zero-order valence-electron chi connectivity index (χ0n) is 21.0. The van der Waals surface area contributed by atoms with Gasteiger partial charge in [-0.3, -0.25) is 14.6 Å². The van der Waals surface area contributed by atoms with Crippen LogP contribution in [0.4, 0.5) is 15.0 Å². The Kier molecular flexibility index (Phi) is 11.2. The number of nitrogens with zero attached hydrogens (tertiary/aromatic N) is 2. The molecule has 0 radical (unpaired) electrons. The van der Waals surface area contributed by atoms with Gasteiger partial charge in [0, 0.05) is 25.1 Å². The van der Waals surface area contributed by atoms with E-state index >= 15 is 0 Å². The maximum Gasteiger partial charge on any atom is 0.469 e. The quantitative estimate of drug-likeness (QED) is 0.199. The van der Waals surface area contributed by atoms with Gasteiger partial charge < -0.3 is 24.2 Å². The van der Waals surface area contributed by atoms with E-state index in [2.05, 4.69) is 14.8 Å². The van der Waals surface area contributed by atoms with Gasteiger partial charge in [0.25, 0.3) is 0 Å². The number of anilines is 1. The molecular weight excluding hydrogens is 556 g/mol. The molecule has 1 atom stereocenters. The molecule has 0 aliphatic rings. The number of phosphoric acid groups is 1. The number of ether oxygens (including phenoxy) is 2. The first-order chi connectivity index (χ1) is 18.5. The number of aromatic nitrogens is 1. The third kappa shape index (κ3) is 9.85. The SMILES string of the molecule is CN(C(=O)CCc1cccc(F)c1Cl)[C@@H](COCCOP(=O)(O)O)COC(=O)Nc1cc2ccccc2cn1. The summed E-state index contributed by atoms with van der Waals surface area (Å²) in [5.74, 6) is -0.660. The minimum absolute atomic E-state index is 0.00923. The molecule has 0 unspecified atom stereocenters. The Labute approximate surface area is 229 Å². The Morgan fingerprint density at radius 2 is 1.87 bits per heavy atom. The lowest BCUT2D eigenvalue weighted by atomic mass is 10.1. The van der Waals surface area contributed by atoms with E-state index in [0.29, 0.717) is 5.56 Å². The maximum atomic E-state index is 13.7. The average Bonchev–Trinajstić information content (AvgIpc) is 2.89. The van der Waals surface area contributed by atoms with E-state index in [0.717, 1.165) is 10.8 Å². The van der Waals surface area contributed by atoms with Crippen LogP contribution in [0.25, 0.3) is 10.8 Å². The highest BCUT2D eigenvalue weighted by Gasteiger charge is 2.23. The van der Waals surface area contributed by atoms with Crippen molar-refractivity contribution >= 4 is 48.0 Å². The number of fused-ring (bicyclic) bond motifs is 1. The van der Waals surface area contributed by atoms with Crippen LogP contribution in [0, 0.1) is 5.82 Å². The lowest BCUT2D eigenvalue weighted by Gasteiger charge is -2.28. The number of phosphoric ester groups is 1. The van der Waals surface area contributed by atoms with Crippen molar-refractivity contribution in [1.29, 1.82) is 0 Å². The second-order valence-electron chi connectivity index (χ2n) is 8.41. The zero-order chi connectivity index (χ0) is 28.4. The van der Waals surface area contributed by atoms with E-state index in [1.54, 1.807) is 18.3 Å². The van der Waals surface area contributed by atoms with E-state index in [-0.39, 0.29) is 56.0 Å². The monoisotopic (exact) mass is 583 g/mol. The number of carbonyl (C=O) groups is 2. The first-order valence-electron chi connectivity index (χ1n) is 11.8. The van der Waals surface area contributed by atoms with Crippen LogP contribution in [-0.2, 0) is 29.8 Å². The minimum atomic E-state index is -4.65. The summed E-state index contributed by atoms with van der Waals surface area (Å²) in [5.41, 5.74) is 0.472. The molecule has 0 aliphatic carbocycles. The number of halogens is 2. The van der Waals surface area contributed by atoms with Gasteiger partial charge in [0.15, 0.2) is 0 Å². The average molecular weight is 584 g/mol. The van der Waals surface area contributed by atoms with Gasteiger partial charge in [-0.25, -0.2) is 18.7 Å². The van der Waals surface area contributed by atoms with Crippen molar-refractivity contribution < 1.29 is 42.3 Å². The summed E-state index contributed by atoms with van der Waals surface area (Å²) in [6.07, 6.45) is 0.974.